The van der Waals surface area contributed by atoms with E-state index in [4.69, 9.17) is 5.11 Å². The summed E-state index contributed by atoms with van der Waals surface area (Å²) in [6, 6.07) is -0.333. The molecular weight excluding hydrogens is 272 g/mol. The van der Waals surface area contributed by atoms with Crippen LogP contribution in [0.3, 0.4) is 0 Å². The van der Waals surface area contributed by atoms with E-state index in [1.807, 2.05) is 0 Å². The molecule has 0 aromatic rings. The van der Waals surface area contributed by atoms with Crippen molar-refractivity contribution in [2.75, 3.05) is 0 Å². The summed E-state index contributed by atoms with van der Waals surface area (Å²) in [5, 5.41) is 13.8. The molecule has 0 radical (unpaired) electrons. The maximum absolute atomic E-state index is 11.8. The minimum Gasteiger partial charge on any atom is -0.481 e. The molecule has 1 fully saturated rings. The van der Waals surface area contributed by atoms with Gasteiger partial charge in [0.2, 0.25) is 5.91 Å². The van der Waals surface area contributed by atoms with Crippen molar-refractivity contribution in [3.63, 3.8) is 0 Å². The van der Waals surface area contributed by atoms with Crippen molar-refractivity contribution in [1.82, 2.24) is 10.6 Å². The second-order valence-corrected chi connectivity index (χ2v) is 5.99. The standard InChI is InChI=1S/C15H26N2O4/c1-3-11-6-4-5-7-12(11)16-15(21)17-13(18)8-10(2)9-14(19)20/h10-12H,3-9H2,1-2H3,(H,19,20)(H2,16,17,18,21). The summed E-state index contributed by atoms with van der Waals surface area (Å²) in [6.45, 7) is 3.79. The molecule has 21 heavy (non-hydrogen) atoms. The number of urea groups is 1. The molecule has 1 rings (SSSR count). The van der Waals surface area contributed by atoms with Gasteiger partial charge < -0.3 is 10.4 Å². The maximum atomic E-state index is 11.8. The first-order valence-electron chi connectivity index (χ1n) is 7.74. The van der Waals surface area contributed by atoms with Crippen LogP contribution in [-0.2, 0) is 9.59 Å². The van der Waals surface area contributed by atoms with E-state index >= 15 is 0 Å². The Morgan fingerprint density at radius 2 is 1.86 bits per heavy atom. The highest BCUT2D eigenvalue weighted by Crippen LogP contribution is 2.26. The summed E-state index contributed by atoms with van der Waals surface area (Å²) in [4.78, 5) is 34.0. The molecule has 1 aliphatic carbocycles. The van der Waals surface area contributed by atoms with E-state index in [1.54, 1.807) is 6.92 Å². The van der Waals surface area contributed by atoms with Gasteiger partial charge in [0.25, 0.3) is 0 Å². The molecule has 120 valence electrons. The van der Waals surface area contributed by atoms with Gasteiger partial charge in [-0.2, -0.15) is 0 Å². The van der Waals surface area contributed by atoms with Crippen LogP contribution in [-0.4, -0.2) is 29.1 Å². The Kier molecular flexibility index (Phi) is 7.19. The number of imide groups is 1. The van der Waals surface area contributed by atoms with E-state index in [0.717, 1.165) is 25.7 Å². The van der Waals surface area contributed by atoms with E-state index in [0.29, 0.717) is 5.92 Å². The second kappa shape index (κ2) is 8.64. The fourth-order valence-corrected chi connectivity index (χ4v) is 2.96. The zero-order chi connectivity index (χ0) is 15.8. The molecule has 0 spiro atoms. The zero-order valence-corrected chi connectivity index (χ0v) is 12.9. The molecule has 6 heteroatoms. The smallest absolute Gasteiger partial charge is 0.321 e. The van der Waals surface area contributed by atoms with Crippen LogP contribution in [0.5, 0.6) is 0 Å². The lowest BCUT2D eigenvalue weighted by molar-refractivity contribution is -0.138. The number of amides is 3. The first kappa shape index (κ1) is 17.5. The Morgan fingerprint density at radius 1 is 1.19 bits per heavy atom. The van der Waals surface area contributed by atoms with E-state index in [1.165, 1.54) is 6.42 Å². The highest BCUT2D eigenvalue weighted by atomic mass is 16.4. The van der Waals surface area contributed by atoms with Gasteiger partial charge in [0.1, 0.15) is 0 Å². The average Bonchev–Trinajstić information content (AvgIpc) is 2.37. The van der Waals surface area contributed by atoms with E-state index in [-0.39, 0.29) is 24.8 Å². The monoisotopic (exact) mass is 298 g/mol. The van der Waals surface area contributed by atoms with Crippen LogP contribution in [0.4, 0.5) is 4.79 Å². The van der Waals surface area contributed by atoms with Crippen molar-refractivity contribution < 1.29 is 19.5 Å². The van der Waals surface area contributed by atoms with Gasteiger partial charge in [-0.25, -0.2) is 4.79 Å². The lowest BCUT2D eigenvalue weighted by Crippen LogP contribution is -2.48. The molecule has 3 amide bonds. The molecule has 3 unspecified atom stereocenters. The van der Waals surface area contributed by atoms with Crippen LogP contribution in [0.2, 0.25) is 0 Å². The van der Waals surface area contributed by atoms with Crippen molar-refractivity contribution in [3.8, 4) is 0 Å². The maximum Gasteiger partial charge on any atom is 0.321 e. The molecule has 1 aliphatic rings. The van der Waals surface area contributed by atoms with Crippen LogP contribution in [0.1, 0.15) is 58.8 Å². The van der Waals surface area contributed by atoms with Gasteiger partial charge in [-0.05, 0) is 24.7 Å². The van der Waals surface area contributed by atoms with Crippen LogP contribution >= 0.6 is 0 Å². The number of carbonyl (C=O) groups excluding carboxylic acids is 2. The number of carbonyl (C=O) groups is 3. The van der Waals surface area contributed by atoms with Crippen LogP contribution in [0, 0.1) is 11.8 Å². The average molecular weight is 298 g/mol. The Bertz CT molecular complexity index is 384. The second-order valence-electron chi connectivity index (χ2n) is 5.99. The Balaban J connectivity index is 2.35. The predicted octanol–water partition coefficient (Wildman–Crippen LogP) is 2.28. The zero-order valence-electron chi connectivity index (χ0n) is 12.9. The van der Waals surface area contributed by atoms with Crippen LogP contribution in [0.25, 0.3) is 0 Å². The summed E-state index contributed by atoms with van der Waals surface area (Å²) < 4.78 is 0. The van der Waals surface area contributed by atoms with Crippen molar-refractivity contribution in [1.29, 1.82) is 0 Å². The van der Waals surface area contributed by atoms with Gasteiger partial charge in [-0.3, -0.25) is 14.9 Å². The van der Waals surface area contributed by atoms with Gasteiger partial charge >= 0.3 is 12.0 Å². The predicted molar refractivity (Wildman–Crippen MR) is 78.7 cm³/mol. The quantitative estimate of drug-likeness (QED) is 0.701. The summed E-state index contributed by atoms with van der Waals surface area (Å²) in [5.41, 5.74) is 0. The van der Waals surface area contributed by atoms with Gasteiger partial charge in [0.05, 0.1) is 0 Å². The normalized spacial score (nSPS) is 23.1. The molecule has 6 nitrogen and oxygen atoms in total. The first-order valence-corrected chi connectivity index (χ1v) is 7.74. The minimum atomic E-state index is -0.937. The summed E-state index contributed by atoms with van der Waals surface area (Å²) >= 11 is 0. The summed E-state index contributed by atoms with van der Waals surface area (Å²) in [7, 11) is 0. The first-order chi connectivity index (χ1) is 9.92. The highest BCUT2D eigenvalue weighted by Gasteiger charge is 2.25. The highest BCUT2D eigenvalue weighted by molar-refractivity contribution is 5.94. The van der Waals surface area contributed by atoms with Gasteiger partial charge in [-0.15, -0.1) is 0 Å². The molecule has 3 N–H and O–H groups in total. The van der Waals surface area contributed by atoms with Gasteiger partial charge in [0.15, 0.2) is 0 Å². The molecule has 0 heterocycles. The van der Waals surface area contributed by atoms with Crippen molar-refractivity contribution in [2.24, 2.45) is 11.8 Å². The lowest BCUT2D eigenvalue weighted by Gasteiger charge is -2.31. The van der Waals surface area contributed by atoms with E-state index in [2.05, 4.69) is 17.6 Å². The van der Waals surface area contributed by atoms with Crippen LogP contribution < -0.4 is 10.6 Å². The van der Waals surface area contributed by atoms with E-state index in [9.17, 15) is 14.4 Å². The molecule has 0 bridgehead atoms. The Hall–Kier alpha value is -1.59. The van der Waals surface area contributed by atoms with Crippen molar-refractivity contribution in [3.05, 3.63) is 0 Å². The van der Waals surface area contributed by atoms with Crippen molar-refractivity contribution >= 4 is 17.9 Å². The molecule has 0 aliphatic heterocycles. The number of hydrogen-bond acceptors (Lipinski definition) is 3. The fourth-order valence-electron chi connectivity index (χ4n) is 2.96. The minimum absolute atomic E-state index is 0.0432. The van der Waals surface area contributed by atoms with Gasteiger partial charge in [0, 0.05) is 18.9 Å². The Labute approximate surface area is 125 Å². The number of nitrogens with one attached hydrogen (secondary N) is 2. The summed E-state index contributed by atoms with van der Waals surface area (Å²) in [5.74, 6) is -1.17. The fraction of sp³-hybridized carbons (Fsp3) is 0.800. The number of carboxylic acid groups (broad SMARTS) is 1. The largest absolute Gasteiger partial charge is 0.481 e. The van der Waals surface area contributed by atoms with E-state index < -0.39 is 17.9 Å². The summed E-state index contributed by atoms with van der Waals surface area (Å²) in [6.07, 6.45) is 5.36. The SMILES string of the molecule is CCC1CCCCC1NC(=O)NC(=O)CC(C)CC(=O)O. The number of aliphatic carboxylic acids is 1. The molecule has 0 aromatic heterocycles. The molecular formula is C15H26N2O4. The number of rotatable bonds is 6. The third kappa shape index (κ3) is 6.60. The number of hydrogen-bond donors (Lipinski definition) is 3. The topological polar surface area (TPSA) is 95.5 Å². The van der Waals surface area contributed by atoms with Crippen LogP contribution in [0.15, 0.2) is 0 Å². The molecule has 0 aromatic carbocycles. The number of carboxylic acids is 1. The lowest BCUT2D eigenvalue weighted by atomic mass is 9.83. The third-order valence-electron chi connectivity index (χ3n) is 4.06. The van der Waals surface area contributed by atoms with Gasteiger partial charge in [-0.1, -0.05) is 33.1 Å². The molecule has 0 saturated heterocycles. The molecule has 1 saturated carbocycles. The van der Waals surface area contributed by atoms with Crippen molar-refractivity contribution in [2.45, 2.75) is 64.8 Å². The Morgan fingerprint density at radius 3 is 2.48 bits per heavy atom. The third-order valence-corrected chi connectivity index (χ3v) is 4.06. The molecule has 3 atom stereocenters.